The molecule has 0 aromatic carbocycles. The van der Waals surface area contributed by atoms with E-state index in [1.54, 1.807) is 19.4 Å². The standard InChI is InChI=1S/C13H20N4O2/c1-19-9-8-14-6-7-16-13(18)11-4-5-15-12(17-11)10-2-3-10/h4-5,10,14H,2-3,6-9H2,1H3,(H,16,18). The molecule has 0 unspecified atom stereocenters. The number of aromatic nitrogens is 2. The van der Waals surface area contributed by atoms with E-state index >= 15 is 0 Å². The Morgan fingerprint density at radius 1 is 1.42 bits per heavy atom. The lowest BCUT2D eigenvalue weighted by Crippen LogP contribution is -2.33. The lowest BCUT2D eigenvalue weighted by molar-refractivity contribution is 0.0948. The summed E-state index contributed by atoms with van der Waals surface area (Å²) in [7, 11) is 1.66. The maximum absolute atomic E-state index is 11.9. The lowest BCUT2D eigenvalue weighted by atomic mass is 10.3. The van der Waals surface area contributed by atoms with Crippen LogP contribution in [-0.4, -0.2) is 49.2 Å². The topological polar surface area (TPSA) is 76.1 Å². The number of hydrogen-bond donors (Lipinski definition) is 2. The second-order valence-electron chi connectivity index (χ2n) is 4.57. The fourth-order valence-electron chi connectivity index (χ4n) is 1.69. The Hall–Kier alpha value is -1.53. The molecule has 1 heterocycles. The number of amides is 1. The summed E-state index contributed by atoms with van der Waals surface area (Å²) < 4.78 is 4.91. The van der Waals surface area contributed by atoms with Crippen LogP contribution in [0.3, 0.4) is 0 Å². The average Bonchev–Trinajstić information content (AvgIpc) is 3.27. The van der Waals surface area contributed by atoms with Gasteiger partial charge in [0.15, 0.2) is 0 Å². The van der Waals surface area contributed by atoms with E-state index in [1.807, 2.05) is 0 Å². The number of methoxy groups -OCH3 is 1. The Morgan fingerprint density at radius 3 is 3.00 bits per heavy atom. The molecule has 1 saturated carbocycles. The SMILES string of the molecule is COCCNCCNC(=O)c1ccnc(C2CC2)n1. The summed E-state index contributed by atoms with van der Waals surface area (Å²) >= 11 is 0. The number of ether oxygens (including phenoxy) is 1. The molecule has 0 atom stereocenters. The Kier molecular flexibility index (Phi) is 5.23. The zero-order chi connectivity index (χ0) is 13.5. The highest BCUT2D eigenvalue weighted by molar-refractivity contribution is 5.92. The minimum atomic E-state index is -0.141. The van der Waals surface area contributed by atoms with Gasteiger partial charge in [0, 0.05) is 38.9 Å². The van der Waals surface area contributed by atoms with Crippen molar-refractivity contribution in [1.82, 2.24) is 20.6 Å². The average molecular weight is 264 g/mol. The Labute approximate surface area is 113 Å². The van der Waals surface area contributed by atoms with Gasteiger partial charge < -0.3 is 15.4 Å². The van der Waals surface area contributed by atoms with Crippen molar-refractivity contribution in [3.8, 4) is 0 Å². The van der Waals surface area contributed by atoms with Crippen LogP contribution in [0.2, 0.25) is 0 Å². The molecule has 2 N–H and O–H groups in total. The Bertz CT molecular complexity index is 421. The van der Waals surface area contributed by atoms with Gasteiger partial charge in [0.2, 0.25) is 0 Å². The van der Waals surface area contributed by atoms with Gasteiger partial charge in [0.25, 0.3) is 5.91 Å². The van der Waals surface area contributed by atoms with Gasteiger partial charge in [0.05, 0.1) is 6.61 Å². The first-order chi connectivity index (χ1) is 9.31. The number of nitrogens with one attached hydrogen (secondary N) is 2. The van der Waals surface area contributed by atoms with Crippen LogP contribution >= 0.6 is 0 Å². The fraction of sp³-hybridized carbons (Fsp3) is 0.615. The minimum Gasteiger partial charge on any atom is -0.383 e. The van der Waals surface area contributed by atoms with E-state index in [4.69, 9.17) is 4.74 Å². The summed E-state index contributed by atoms with van der Waals surface area (Å²) in [5.74, 6) is 1.12. The summed E-state index contributed by atoms with van der Waals surface area (Å²) in [5, 5.41) is 5.99. The lowest BCUT2D eigenvalue weighted by Gasteiger charge is -2.06. The summed E-state index contributed by atoms with van der Waals surface area (Å²) in [6.07, 6.45) is 3.93. The molecule has 1 aliphatic carbocycles. The molecule has 0 spiro atoms. The maximum Gasteiger partial charge on any atom is 0.270 e. The number of hydrogen-bond acceptors (Lipinski definition) is 5. The molecule has 0 aliphatic heterocycles. The largest absolute Gasteiger partial charge is 0.383 e. The zero-order valence-electron chi connectivity index (χ0n) is 11.2. The zero-order valence-corrected chi connectivity index (χ0v) is 11.2. The van der Waals surface area contributed by atoms with Crippen LogP contribution < -0.4 is 10.6 Å². The van der Waals surface area contributed by atoms with Crippen LogP contribution in [0.1, 0.15) is 35.1 Å². The normalized spacial score (nSPS) is 14.4. The van der Waals surface area contributed by atoms with Crippen molar-refractivity contribution in [2.24, 2.45) is 0 Å². The highest BCUT2D eigenvalue weighted by atomic mass is 16.5. The van der Waals surface area contributed by atoms with E-state index in [1.165, 1.54) is 0 Å². The van der Waals surface area contributed by atoms with E-state index < -0.39 is 0 Å². The predicted molar refractivity (Wildman–Crippen MR) is 71.1 cm³/mol. The monoisotopic (exact) mass is 264 g/mol. The van der Waals surface area contributed by atoms with Gasteiger partial charge >= 0.3 is 0 Å². The molecular formula is C13H20N4O2. The number of carbonyl (C=O) groups excluding carboxylic acids is 1. The summed E-state index contributed by atoms with van der Waals surface area (Å²) in [6, 6.07) is 1.65. The van der Waals surface area contributed by atoms with Crippen LogP contribution in [0.15, 0.2) is 12.3 Å². The van der Waals surface area contributed by atoms with Crippen LogP contribution in [0.4, 0.5) is 0 Å². The first-order valence-corrected chi connectivity index (χ1v) is 6.62. The molecular weight excluding hydrogens is 244 g/mol. The van der Waals surface area contributed by atoms with Gasteiger partial charge in [-0.05, 0) is 18.9 Å². The molecule has 1 amide bonds. The highest BCUT2D eigenvalue weighted by Gasteiger charge is 2.27. The fourth-order valence-corrected chi connectivity index (χ4v) is 1.69. The first kappa shape index (κ1) is 13.9. The summed E-state index contributed by atoms with van der Waals surface area (Å²) in [5.41, 5.74) is 0.453. The number of rotatable bonds is 8. The third-order valence-corrected chi connectivity index (χ3v) is 2.92. The van der Waals surface area contributed by atoms with Gasteiger partial charge in [0.1, 0.15) is 11.5 Å². The molecule has 2 rings (SSSR count). The van der Waals surface area contributed by atoms with Gasteiger partial charge in [-0.15, -0.1) is 0 Å². The maximum atomic E-state index is 11.9. The number of nitrogens with zero attached hydrogens (tertiary/aromatic N) is 2. The van der Waals surface area contributed by atoms with Crippen molar-refractivity contribution in [3.05, 3.63) is 23.8 Å². The van der Waals surface area contributed by atoms with Crippen molar-refractivity contribution < 1.29 is 9.53 Å². The van der Waals surface area contributed by atoms with E-state index in [0.29, 0.717) is 24.8 Å². The molecule has 0 bridgehead atoms. The number of carbonyl (C=O) groups is 1. The molecule has 1 aromatic rings. The van der Waals surface area contributed by atoms with Crippen molar-refractivity contribution in [1.29, 1.82) is 0 Å². The van der Waals surface area contributed by atoms with Crippen molar-refractivity contribution in [2.45, 2.75) is 18.8 Å². The molecule has 6 nitrogen and oxygen atoms in total. The van der Waals surface area contributed by atoms with Crippen molar-refractivity contribution in [2.75, 3.05) is 33.4 Å². The van der Waals surface area contributed by atoms with E-state index in [-0.39, 0.29) is 5.91 Å². The molecule has 0 radical (unpaired) electrons. The molecule has 1 aromatic heterocycles. The second-order valence-corrected chi connectivity index (χ2v) is 4.57. The molecule has 19 heavy (non-hydrogen) atoms. The predicted octanol–water partition coefficient (Wildman–Crippen LogP) is 0.320. The highest BCUT2D eigenvalue weighted by Crippen LogP contribution is 2.37. The molecule has 0 saturated heterocycles. The summed E-state index contributed by atoms with van der Waals surface area (Å²) in [6.45, 7) is 2.75. The first-order valence-electron chi connectivity index (χ1n) is 6.62. The molecule has 1 aliphatic rings. The second kappa shape index (κ2) is 7.16. The van der Waals surface area contributed by atoms with Crippen LogP contribution in [0.5, 0.6) is 0 Å². The van der Waals surface area contributed by atoms with Crippen LogP contribution in [-0.2, 0) is 4.74 Å². The van der Waals surface area contributed by atoms with Crippen molar-refractivity contribution >= 4 is 5.91 Å². The van der Waals surface area contributed by atoms with E-state index in [9.17, 15) is 4.79 Å². The molecule has 1 fully saturated rings. The quantitative estimate of drug-likeness (QED) is 0.661. The van der Waals surface area contributed by atoms with Crippen LogP contribution in [0.25, 0.3) is 0 Å². The third kappa shape index (κ3) is 4.57. The Balaban J connectivity index is 1.71. The third-order valence-electron chi connectivity index (χ3n) is 2.92. The van der Waals surface area contributed by atoms with Gasteiger partial charge in [-0.3, -0.25) is 4.79 Å². The van der Waals surface area contributed by atoms with Crippen LogP contribution in [0, 0.1) is 0 Å². The van der Waals surface area contributed by atoms with E-state index in [2.05, 4.69) is 20.6 Å². The Morgan fingerprint density at radius 2 is 2.26 bits per heavy atom. The van der Waals surface area contributed by atoms with Gasteiger partial charge in [-0.25, -0.2) is 9.97 Å². The minimum absolute atomic E-state index is 0.141. The van der Waals surface area contributed by atoms with E-state index in [0.717, 1.165) is 31.8 Å². The molecule has 104 valence electrons. The summed E-state index contributed by atoms with van der Waals surface area (Å²) in [4.78, 5) is 20.4. The van der Waals surface area contributed by atoms with Crippen molar-refractivity contribution in [3.63, 3.8) is 0 Å². The van der Waals surface area contributed by atoms with Gasteiger partial charge in [-0.2, -0.15) is 0 Å². The smallest absolute Gasteiger partial charge is 0.270 e. The molecule has 6 heteroatoms. The van der Waals surface area contributed by atoms with Gasteiger partial charge in [-0.1, -0.05) is 0 Å².